The second-order valence-electron chi connectivity index (χ2n) is 4.75. The van der Waals surface area contributed by atoms with E-state index < -0.39 is 11.9 Å². The van der Waals surface area contributed by atoms with Crippen LogP contribution in [-0.2, 0) is 4.79 Å². The number of nitrogens with two attached hydrogens (primary N) is 1. The zero-order chi connectivity index (χ0) is 15.1. The maximum atomic E-state index is 11.6. The summed E-state index contributed by atoms with van der Waals surface area (Å²) in [4.78, 5) is 13.6. The van der Waals surface area contributed by atoms with E-state index in [0.29, 0.717) is 24.5 Å². The Labute approximate surface area is 119 Å². The van der Waals surface area contributed by atoms with Gasteiger partial charge in [-0.15, -0.1) is 0 Å². The summed E-state index contributed by atoms with van der Waals surface area (Å²) < 4.78 is 5.31. The third-order valence-corrected chi connectivity index (χ3v) is 2.81. The number of rotatable bonds is 8. The monoisotopic (exact) mass is 281 g/mol. The van der Waals surface area contributed by atoms with Crippen LogP contribution in [-0.4, -0.2) is 49.7 Å². The normalized spacial score (nSPS) is 12.4. The highest BCUT2D eigenvalue weighted by Crippen LogP contribution is 2.29. The van der Waals surface area contributed by atoms with Crippen LogP contribution < -0.4 is 15.8 Å². The number of ether oxygens (including phenoxy) is 1. The van der Waals surface area contributed by atoms with Crippen molar-refractivity contribution in [3.8, 4) is 11.5 Å². The van der Waals surface area contributed by atoms with Crippen molar-refractivity contribution in [3.05, 3.63) is 23.8 Å². The summed E-state index contributed by atoms with van der Waals surface area (Å²) in [6.45, 7) is 3.69. The Morgan fingerprint density at radius 3 is 2.75 bits per heavy atom. The molecule has 1 unspecified atom stereocenters. The molecule has 1 aromatic rings. The highest BCUT2D eigenvalue weighted by Gasteiger charge is 2.18. The van der Waals surface area contributed by atoms with Crippen LogP contribution in [0.1, 0.15) is 18.5 Å². The van der Waals surface area contributed by atoms with Gasteiger partial charge in [0.25, 0.3) is 0 Å². The van der Waals surface area contributed by atoms with Gasteiger partial charge in [-0.1, -0.05) is 6.07 Å². The molecular formula is C14H23N3O3. The molecule has 0 aromatic heterocycles. The van der Waals surface area contributed by atoms with Gasteiger partial charge in [0.2, 0.25) is 5.91 Å². The summed E-state index contributed by atoms with van der Waals surface area (Å²) in [6.07, 6.45) is 0. The van der Waals surface area contributed by atoms with Crippen molar-refractivity contribution in [1.29, 1.82) is 0 Å². The van der Waals surface area contributed by atoms with E-state index in [1.54, 1.807) is 12.1 Å². The summed E-state index contributed by atoms with van der Waals surface area (Å²) in [6, 6.07) is 4.20. The number of phenolic OH excluding ortho intramolecular Hbond substituents is 1. The van der Waals surface area contributed by atoms with Crippen LogP contribution in [0.2, 0.25) is 0 Å². The Kier molecular flexibility index (Phi) is 6.27. The predicted molar refractivity (Wildman–Crippen MR) is 77.8 cm³/mol. The SMILES string of the molecule is CCOc1cc(C(NCCN(C)C)C(N)=O)ccc1O. The largest absolute Gasteiger partial charge is 0.504 e. The van der Waals surface area contributed by atoms with Gasteiger partial charge in [-0.2, -0.15) is 0 Å². The van der Waals surface area contributed by atoms with Gasteiger partial charge in [-0.3, -0.25) is 4.79 Å². The van der Waals surface area contributed by atoms with Crippen LogP contribution in [0.3, 0.4) is 0 Å². The molecule has 0 heterocycles. The molecule has 0 aliphatic carbocycles. The molecule has 112 valence electrons. The van der Waals surface area contributed by atoms with Gasteiger partial charge in [-0.25, -0.2) is 0 Å². The lowest BCUT2D eigenvalue weighted by atomic mass is 10.1. The van der Waals surface area contributed by atoms with Gasteiger partial charge < -0.3 is 25.8 Å². The van der Waals surface area contributed by atoms with E-state index in [1.165, 1.54) is 6.07 Å². The predicted octanol–water partition coefficient (Wildman–Crippen LogP) is 0.469. The Bertz CT molecular complexity index is 449. The van der Waals surface area contributed by atoms with Gasteiger partial charge in [0.05, 0.1) is 6.61 Å². The number of nitrogens with zero attached hydrogens (tertiary/aromatic N) is 1. The van der Waals surface area contributed by atoms with Crippen molar-refractivity contribution < 1.29 is 14.6 Å². The Morgan fingerprint density at radius 2 is 2.20 bits per heavy atom. The fourth-order valence-corrected chi connectivity index (χ4v) is 1.80. The van der Waals surface area contributed by atoms with Crippen molar-refractivity contribution in [2.75, 3.05) is 33.8 Å². The zero-order valence-corrected chi connectivity index (χ0v) is 12.2. The molecule has 0 radical (unpaired) electrons. The first-order chi connectivity index (χ1) is 9.45. The average molecular weight is 281 g/mol. The van der Waals surface area contributed by atoms with Crippen molar-refractivity contribution in [3.63, 3.8) is 0 Å². The van der Waals surface area contributed by atoms with Crippen LogP contribution >= 0.6 is 0 Å². The Hall–Kier alpha value is -1.79. The molecule has 0 fully saturated rings. The van der Waals surface area contributed by atoms with Crippen molar-refractivity contribution in [2.24, 2.45) is 5.73 Å². The smallest absolute Gasteiger partial charge is 0.239 e. The maximum absolute atomic E-state index is 11.6. The minimum atomic E-state index is -0.602. The molecule has 0 saturated carbocycles. The molecule has 0 spiro atoms. The third-order valence-electron chi connectivity index (χ3n) is 2.81. The molecule has 0 aliphatic rings. The van der Waals surface area contributed by atoms with Gasteiger partial charge in [0, 0.05) is 13.1 Å². The lowest BCUT2D eigenvalue weighted by Gasteiger charge is -2.18. The minimum Gasteiger partial charge on any atom is -0.504 e. The first-order valence-corrected chi connectivity index (χ1v) is 6.58. The first-order valence-electron chi connectivity index (χ1n) is 6.58. The number of carbonyl (C=O) groups is 1. The minimum absolute atomic E-state index is 0.0483. The fraction of sp³-hybridized carbons (Fsp3) is 0.500. The molecule has 0 saturated heterocycles. The third kappa shape index (κ3) is 4.71. The van der Waals surface area contributed by atoms with E-state index in [4.69, 9.17) is 10.5 Å². The number of benzene rings is 1. The number of likely N-dealkylation sites (N-methyl/N-ethyl adjacent to an activating group) is 1. The average Bonchev–Trinajstić information content (AvgIpc) is 2.37. The van der Waals surface area contributed by atoms with E-state index in [2.05, 4.69) is 5.32 Å². The summed E-state index contributed by atoms with van der Waals surface area (Å²) in [5.41, 5.74) is 6.11. The summed E-state index contributed by atoms with van der Waals surface area (Å²) in [5.74, 6) is -0.0605. The molecule has 0 aliphatic heterocycles. The number of phenols is 1. The number of nitrogens with one attached hydrogen (secondary N) is 1. The molecule has 20 heavy (non-hydrogen) atoms. The molecule has 1 atom stereocenters. The molecule has 1 aromatic carbocycles. The second kappa shape index (κ2) is 7.72. The van der Waals surface area contributed by atoms with E-state index in [1.807, 2.05) is 25.9 Å². The first kappa shape index (κ1) is 16.3. The summed E-state index contributed by atoms with van der Waals surface area (Å²) >= 11 is 0. The maximum Gasteiger partial charge on any atom is 0.239 e. The van der Waals surface area contributed by atoms with E-state index in [-0.39, 0.29) is 5.75 Å². The molecule has 1 amide bonds. The van der Waals surface area contributed by atoms with Crippen molar-refractivity contribution >= 4 is 5.91 Å². The van der Waals surface area contributed by atoms with E-state index in [9.17, 15) is 9.90 Å². The van der Waals surface area contributed by atoms with Gasteiger partial charge >= 0.3 is 0 Å². The summed E-state index contributed by atoms with van der Waals surface area (Å²) in [5, 5.41) is 12.8. The molecule has 6 nitrogen and oxygen atoms in total. The number of hydrogen-bond acceptors (Lipinski definition) is 5. The zero-order valence-electron chi connectivity index (χ0n) is 12.2. The van der Waals surface area contributed by atoms with E-state index in [0.717, 1.165) is 6.54 Å². The highest BCUT2D eigenvalue weighted by molar-refractivity contribution is 5.81. The standard InChI is InChI=1S/C14H23N3O3/c1-4-20-12-9-10(5-6-11(12)18)13(14(15)19)16-7-8-17(2)3/h5-6,9,13,16,18H,4,7-8H2,1-3H3,(H2,15,19). The van der Waals surface area contributed by atoms with E-state index >= 15 is 0 Å². The van der Waals surface area contributed by atoms with Crippen LogP contribution in [0.25, 0.3) is 0 Å². The quantitative estimate of drug-likeness (QED) is 0.644. The number of amides is 1. The molecule has 4 N–H and O–H groups in total. The molecule has 1 rings (SSSR count). The number of aromatic hydroxyl groups is 1. The van der Waals surface area contributed by atoms with Crippen LogP contribution in [0, 0.1) is 0 Å². The molecule has 6 heteroatoms. The van der Waals surface area contributed by atoms with Crippen LogP contribution in [0.4, 0.5) is 0 Å². The Morgan fingerprint density at radius 1 is 1.50 bits per heavy atom. The van der Waals surface area contributed by atoms with Crippen molar-refractivity contribution in [1.82, 2.24) is 10.2 Å². The van der Waals surface area contributed by atoms with Crippen molar-refractivity contribution in [2.45, 2.75) is 13.0 Å². The second-order valence-corrected chi connectivity index (χ2v) is 4.75. The van der Waals surface area contributed by atoms with Crippen LogP contribution in [0.5, 0.6) is 11.5 Å². The van der Waals surface area contributed by atoms with Gasteiger partial charge in [0.1, 0.15) is 6.04 Å². The number of carbonyl (C=O) groups excluding carboxylic acids is 1. The number of hydrogen-bond donors (Lipinski definition) is 3. The summed E-state index contributed by atoms with van der Waals surface area (Å²) in [7, 11) is 3.91. The molecule has 0 bridgehead atoms. The highest BCUT2D eigenvalue weighted by atomic mass is 16.5. The number of primary amides is 1. The topological polar surface area (TPSA) is 87.8 Å². The Balaban J connectivity index is 2.85. The van der Waals surface area contributed by atoms with Crippen LogP contribution in [0.15, 0.2) is 18.2 Å². The fourth-order valence-electron chi connectivity index (χ4n) is 1.80. The molecular weight excluding hydrogens is 258 g/mol. The van der Waals surface area contributed by atoms with Gasteiger partial charge in [0.15, 0.2) is 11.5 Å². The van der Waals surface area contributed by atoms with Gasteiger partial charge in [-0.05, 0) is 38.7 Å². The lowest BCUT2D eigenvalue weighted by Crippen LogP contribution is -2.37. The lowest BCUT2D eigenvalue weighted by molar-refractivity contribution is -0.120.